The number of amides is 3. The van der Waals surface area contributed by atoms with Crippen LogP contribution in [0.4, 0.5) is 5.69 Å². The van der Waals surface area contributed by atoms with Crippen molar-refractivity contribution >= 4 is 81.1 Å². The average Bonchev–Trinajstić information content (AvgIpc) is 2.67. The molecule has 148 valence electrons. The minimum Gasteiger partial charge on any atom is -0.507 e. The monoisotopic (exact) mass is 542 g/mol. The molecule has 2 aromatic rings. The van der Waals surface area contributed by atoms with Crippen LogP contribution in [0, 0.1) is 9.49 Å². The number of benzene rings is 2. The molecule has 0 aliphatic carbocycles. The van der Waals surface area contributed by atoms with Crippen molar-refractivity contribution < 1.29 is 19.5 Å². The van der Waals surface area contributed by atoms with Crippen molar-refractivity contribution in [2.45, 2.75) is 0 Å². The lowest BCUT2D eigenvalue weighted by Gasteiger charge is -2.30. The lowest BCUT2D eigenvalue weighted by molar-refractivity contribution is -0.130. The molecule has 0 unspecified atom stereocenters. The van der Waals surface area contributed by atoms with E-state index in [1.165, 1.54) is 12.1 Å². The SMILES string of the molecule is O=C(N/N=C\[C@H]1C(=O)NC(=S)N(c2ccc(Cl)cc2)C1=O)c1ccc(I)c(O)c1. The van der Waals surface area contributed by atoms with E-state index in [9.17, 15) is 19.5 Å². The Labute approximate surface area is 189 Å². The Hall–Kier alpha value is -2.57. The van der Waals surface area contributed by atoms with E-state index >= 15 is 0 Å². The molecular formula is C18H12ClIN4O4S. The summed E-state index contributed by atoms with van der Waals surface area (Å²) in [6, 6.07) is 10.7. The number of anilines is 1. The number of nitrogens with zero attached hydrogens (tertiary/aromatic N) is 2. The van der Waals surface area contributed by atoms with Gasteiger partial charge in [0.05, 0.1) is 9.26 Å². The third kappa shape index (κ3) is 4.71. The molecule has 1 aliphatic heterocycles. The average molecular weight is 543 g/mol. The highest BCUT2D eigenvalue weighted by molar-refractivity contribution is 14.1. The Bertz CT molecular complexity index is 1040. The van der Waals surface area contributed by atoms with E-state index in [1.807, 2.05) is 22.6 Å². The fourth-order valence-corrected chi connectivity index (χ4v) is 3.20. The molecule has 1 atom stereocenters. The van der Waals surface area contributed by atoms with Crippen molar-refractivity contribution in [1.29, 1.82) is 0 Å². The maximum atomic E-state index is 12.8. The number of hydrogen-bond acceptors (Lipinski definition) is 6. The molecule has 0 aromatic heterocycles. The number of phenolic OH excluding ortho intramolecular Hbond substituents is 1. The number of carbonyl (C=O) groups is 3. The predicted molar refractivity (Wildman–Crippen MR) is 120 cm³/mol. The van der Waals surface area contributed by atoms with Gasteiger partial charge in [0, 0.05) is 16.8 Å². The van der Waals surface area contributed by atoms with E-state index in [-0.39, 0.29) is 16.4 Å². The molecule has 0 spiro atoms. The molecule has 1 fully saturated rings. The van der Waals surface area contributed by atoms with Crippen LogP contribution in [-0.4, -0.2) is 34.2 Å². The second-order valence-corrected chi connectivity index (χ2v) is 7.79. The van der Waals surface area contributed by atoms with E-state index in [0.717, 1.165) is 11.1 Å². The fourth-order valence-electron chi connectivity index (χ4n) is 2.45. The van der Waals surface area contributed by atoms with Crippen molar-refractivity contribution in [3.05, 3.63) is 56.6 Å². The number of aromatic hydroxyl groups is 1. The molecule has 0 radical (unpaired) electrons. The van der Waals surface area contributed by atoms with Gasteiger partial charge in [0.15, 0.2) is 11.0 Å². The van der Waals surface area contributed by atoms with E-state index in [2.05, 4.69) is 15.8 Å². The molecule has 3 N–H and O–H groups in total. The maximum absolute atomic E-state index is 12.8. The quantitative estimate of drug-likeness (QED) is 0.181. The van der Waals surface area contributed by atoms with Crippen LogP contribution in [0.1, 0.15) is 10.4 Å². The van der Waals surface area contributed by atoms with E-state index in [0.29, 0.717) is 14.3 Å². The van der Waals surface area contributed by atoms with Gasteiger partial charge in [-0.2, -0.15) is 5.10 Å². The molecule has 2 aromatic carbocycles. The molecule has 1 aliphatic rings. The molecule has 1 saturated heterocycles. The molecule has 29 heavy (non-hydrogen) atoms. The summed E-state index contributed by atoms with van der Waals surface area (Å²) >= 11 is 12.9. The van der Waals surface area contributed by atoms with Crippen LogP contribution in [0.25, 0.3) is 0 Å². The van der Waals surface area contributed by atoms with Crippen molar-refractivity contribution in [3.8, 4) is 5.75 Å². The highest BCUT2D eigenvalue weighted by atomic mass is 127. The summed E-state index contributed by atoms with van der Waals surface area (Å²) in [7, 11) is 0. The maximum Gasteiger partial charge on any atom is 0.271 e. The van der Waals surface area contributed by atoms with Gasteiger partial charge >= 0.3 is 0 Å². The third-order valence-corrected chi connectivity index (χ3v) is 5.33. The topological polar surface area (TPSA) is 111 Å². The number of nitrogens with one attached hydrogen (secondary N) is 2. The van der Waals surface area contributed by atoms with Crippen LogP contribution in [0.3, 0.4) is 0 Å². The Kier molecular flexibility index (Phi) is 6.45. The Morgan fingerprint density at radius 3 is 2.62 bits per heavy atom. The first-order valence-corrected chi connectivity index (χ1v) is 9.91. The highest BCUT2D eigenvalue weighted by Gasteiger charge is 2.38. The van der Waals surface area contributed by atoms with Gasteiger partial charge in [-0.05, 0) is 77.3 Å². The van der Waals surface area contributed by atoms with E-state index in [1.54, 1.807) is 30.3 Å². The first kappa shape index (κ1) is 21.1. The van der Waals surface area contributed by atoms with Crippen LogP contribution in [0.5, 0.6) is 5.75 Å². The minimum absolute atomic E-state index is 0.0452. The van der Waals surface area contributed by atoms with E-state index in [4.69, 9.17) is 23.8 Å². The lowest BCUT2D eigenvalue weighted by atomic mass is 10.1. The van der Waals surface area contributed by atoms with Crippen LogP contribution in [0.2, 0.25) is 5.02 Å². The van der Waals surface area contributed by atoms with Crippen LogP contribution in [-0.2, 0) is 9.59 Å². The summed E-state index contributed by atoms with van der Waals surface area (Å²) in [4.78, 5) is 38.2. The number of phenols is 1. The summed E-state index contributed by atoms with van der Waals surface area (Å²) in [6.45, 7) is 0. The van der Waals surface area contributed by atoms with Gasteiger partial charge in [-0.3, -0.25) is 19.3 Å². The zero-order valence-corrected chi connectivity index (χ0v) is 18.2. The van der Waals surface area contributed by atoms with Crippen molar-refractivity contribution in [2.75, 3.05) is 4.90 Å². The third-order valence-electron chi connectivity index (χ3n) is 3.88. The number of halogens is 2. The largest absolute Gasteiger partial charge is 0.507 e. The number of hydrazone groups is 1. The number of carbonyl (C=O) groups excluding carboxylic acids is 3. The molecular weight excluding hydrogens is 531 g/mol. The number of thiocarbonyl (C=S) groups is 1. The smallest absolute Gasteiger partial charge is 0.271 e. The zero-order valence-electron chi connectivity index (χ0n) is 14.4. The minimum atomic E-state index is -1.29. The second-order valence-electron chi connectivity index (χ2n) is 5.81. The van der Waals surface area contributed by atoms with Gasteiger partial charge in [-0.1, -0.05) is 11.6 Å². The van der Waals surface area contributed by atoms with E-state index < -0.39 is 23.6 Å². The first-order chi connectivity index (χ1) is 13.8. The Morgan fingerprint density at radius 1 is 1.28 bits per heavy atom. The van der Waals surface area contributed by atoms with Gasteiger partial charge in [-0.15, -0.1) is 0 Å². The number of rotatable bonds is 4. The fraction of sp³-hybridized carbons (Fsp3) is 0.0556. The van der Waals surface area contributed by atoms with Crippen molar-refractivity contribution in [3.63, 3.8) is 0 Å². The Balaban J connectivity index is 1.74. The zero-order chi connectivity index (χ0) is 21.1. The van der Waals surface area contributed by atoms with Crippen LogP contribution < -0.4 is 15.6 Å². The predicted octanol–water partition coefficient (Wildman–Crippen LogP) is 2.43. The molecule has 0 bridgehead atoms. The summed E-state index contributed by atoms with van der Waals surface area (Å²) in [6.07, 6.45) is 1.02. The molecule has 0 saturated carbocycles. The molecule has 8 nitrogen and oxygen atoms in total. The van der Waals surface area contributed by atoms with Gasteiger partial charge in [0.25, 0.3) is 11.8 Å². The van der Waals surface area contributed by atoms with Gasteiger partial charge in [-0.25, -0.2) is 5.43 Å². The molecule has 1 heterocycles. The molecule has 3 rings (SSSR count). The molecule has 11 heteroatoms. The van der Waals surface area contributed by atoms with Gasteiger partial charge in [0.2, 0.25) is 5.91 Å². The van der Waals surface area contributed by atoms with Gasteiger partial charge in [0.1, 0.15) is 5.75 Å². The standard InChI is InChI=1S/C18H12ClIN4O4S/c19-10-2-4-11(5-3-10)24-17(28)12(16(27)22-18(24)29)8-21-23-15(26)9-1-6-13(20)14(25)7-9/h1-8,12,25H,(H,23,26)(H,22,27,29)/b21-8-/t12-/m0/s1. The summed E-state index contributed by atoms with van der Waals surface area (Å²) in [5, 5.41) is 16.2. The normalized spacial score (nSPS) is 16.8. The van der Waals surface area contributed by atoms with Crippen LogP contribution >= 0.6 is 46.4 Å². The van der Waals surface area contributed by atoms with Crippen molar-refractivity contribution in [2.24, 2.45) is 11.0 Å². The summed E-state index contributed by atoms with van der Waals surface area (Å²) < 4.78 is 0.588. The first-order valence-electron chi connectivity index (χ1n) is 8.04. The highest BCUT2D eigenvalue weighted by Crippen LogP contribution is 2.23. The summed E-state index contributed by atoms with van der Waals surface area (Å²) in [5.74, 6) is -3.22. The van der Waals surface area contributed by atoms with Crippen molar-refractivity contribution in [1.82, 2.24) is 10.7 Å². The second kappa shape index (κ2) is 8.84. The summed E-state index contributed by atoms with van der Waals surface area (Å²) in [5.41, 5.74) is 2.82. The molecule has 3 amide bonds. The van der Waals surface area contributed by atoms with Crippen LogP contribution in [0.15, 0.2) is 47.6 Å². The van der Waals surface area contributed by atoms with Gasteiger partial charge < -0.3 is 10.4 Å². The Morgan fingerprint density at radius 2 is 1.97 bits per heavy atom. The lowest BCUT2D eigenvalue weighted by Crippen LogP contribution is -2.58. The number of hydrogen-bond donors (Lipinski definition) is 3.